The van der Waals surface area contributed by atoms with Crippen LogP contribution in [0.1, 0.15) is 50.1 Å². The van der Waals surface area contributed by atoms with E-state index in [0.29, 0.717) is 6.04 Å². The zero-order valence-corrected chi connectivity index (χ0v) is 11.5. The maximum absolute atomic E-state index is 4.25. The van der Waals surface area contributed by atoms with E-state index in [1.807, 2.05) is 0 Å². The third-order valence-corrected chi connectivity index (χ3v) is 4.25. The normalized spacial score (nSPS) is 29.5. The van der Waals surface area contributed by atoms with Crippen LogP contribution >= 0.6 is 0 Å². The van der Waals surface area contributed by atoms with Crippen molar-refractivity contribution >= 4 is 0 Å². The molecule has 17 heavy (non-hydrogen) atoms. The summed E-state index contributed by atoms with van der Waals surface area (Å²) < 4.78 is 0. The number of rotatable bonds is 3. The minimum atomic E-state index is 0.680. The summed E-state index contributed by atoms with van der Waals surface area (Å²) in [5, 5.41) is 11.0. The highest BCUT2D eigenvalue weighted by molar-refractivity contribution is 5.22. The summed E-state index contributed by atoms with van der Waals surface area (Å²) in [5.41, 5.74) is 3.68. The fourth-order valence-electron chi connectivity index (χ4n) is 3.04. The second-order valence-corrected chi connectivity index (χ2v) is 5.80. The number of hydrogen-bond acceptors (Lipinski definition) is 2. The molecular formula is C14H25N3. The van der Waals surface area contributed by atoms with Crippen molar-refractivity contribution in [2.24, 2.45) is 11.8 Å². The first-order chi connectivity index (χ1) is 8.08. The molecule has 0 aromatic carbocycles. The molecule has 0 spiro atoms. The number of H-pyrrole nitrogens is 1. The van der Waals surface area contributed by atoms with Gasteiger partial charge in [0.15, 0.2) is 0 Å². The molecule has 3 heteroatoms. The van der Waals surface area contributed by atoms with E-state index in [1.54, 1.807) is 0 Å². The van der Waals surface area contributed by atoms with E-state index in [2.05, 4.69) is 43.2 Å². The Bertz CT molecular complexity index is 350. The molecule has 3 atom stereocenters. The van der Waals surface area contributed by atoms with Crippen LogP contribution in [-0.2, 0) is 6.54 Å². The van der Waals surface area contributed by atoms with Gasteiger partial charge in [0.2, 0.25) is 0 Å². The van der Waals surface area contributed by atoms with E-state index in [1.165, 1.54) is 30.5 Å². The van der Waals surface area contributed by atoms with Crippen molar-refractivity contribution < 1.29 is 0 Å². The summed E-state index contributed by atoms with van der Waals surface area (Å²) in [6, 6.07) is 0.680. The van der Waals surface area contributed by atoms with Crippen molar-refractivity contribution in [1.82, 2.24) is 15.5 Å². The first kappa shape index (κ1) is 12.6. The monoisotopic (exact) mass is 235 g/mol. The molecule has 1 aromatic heterocycles. The van der Waals surface area contributed by atoms with Crippen LogP contribution in [0.15, 0.2) is 0 Å². The Balaban J connectivity index is 1.90. The third kappa shape index (κ3) is 2.89. The van der Waals surface area contributed by atoms with Gasteiger partial charge in [0.05, 0.1) is 5.69 Å². The van der Waals surface area contributed by atoms with Gasteiger partial charge in [0, 0.05) is 23.8 Å². The second-order valence-electron chi connectivity index (χ2n) is 5.80. The molecule has 1 aromatic rings. The number of hydrogen-bond donors (Lipinski definition) is 2. The highest BCUT2D eigenvalue weighted by Crippen LogP contribution is 2.28. The van der Waals surface area contributed by atoms with Gasteiger partial charge >= 0.3 is 0 Å². The molecule has 0 amide bonds. The quantitative estimate of drug-likeness (QED) is 0.845. The molecule has 1 fully saturated rings. The van der Waals surface area contributed by atoms with Gasteiger partial charge in [-0.1, -0.05) is 13.8 Å². The van der Waals surface area contributed by atoms with E-state index in [4.69, 9.17) is 0 Å². The third-order valence-electron chi connectivity index (χ3n) is 4.25. The number of aromatic nitrogens is 2. The minimum Gasteiger partial charge on any atom is -0.310 e. The molecule has 1 heterocycles. The standard InChI is InChI=1S/C14H25N3/c1-9-5-6-14(10(2)7-9)15-8-13-11(3)16-17-12(13)4/h9-10,14-15H,5-8H2,1-4H3,(H,16,17). The maximum Gasteiger partial charge on any atom is 0.0638 e. The van der Waals surface area contributed by atoms with Crippen molar-refractivity contribution in [3.05, 3.63) is 17.0 Å². The zero-order valence-electron chi connectivity index (χ0n) is 11.5. The van der Waals surface area contributed by atoms with Crippen LogP contribution in [0, 0.1) is 25.7 Å². The lowest BCUT2D eigenvalue weighted by Gasteiger charge is -2.33. The molecule has 1 aliphatic rings. The molecule has 3 unspecified atom stereocenters. The Morgan fingerprint density at radius 2 is 2.06 bits per heavy atom. The zero-order chi connectivity index (χ0) is 12.4. The van der Waals surface area contributed by atoms with Crippen LogP contribution in [0.2, 0.25) is 0 Å². The molecule has 3 nitrogen and oxygen atoms in total. The summed E-state index contributed by atoms with van der Waals surface area (Å²) in [6.07, 6.45) is 4.05. The minimum absolute atomic E-state index is 0.680. The fraction of sp³-hybridized carbons (Fsp3) is 0.786. The summed E-state index contributed by atoms with van der Waals surface area (Å²) in [4.78, 5) is 0. The molecule has 2 N–H and O–H groups in total. The van der Waals surface area contributed by atoms with Crippen LogP contribution < -0.4 is 5.32 Å². The molecule has 0 radical (unpaired) electrons. The van der Waals surface area contributed by atoms with Gasteiger partial charge in [0.25, 0.3) is 0 Å². The van der Waals surface area contributed by atoms with E-state index in [-0.39, 0.29) is 0 Å². The largest absolute Gasteiger partial charge is 0.310 e. The van der Waals surface area contributed by atoms with Gasteiger partial charge < -0.3 is 5.32 Å². The highest BCUT2D eigenvalue weighted by Gasteiger charge is 2.25. The van der Waals surface area contributed by atoms with Crippen molar-refractivity contribution in [3.8, 4) is 0 Å². The summed E-state index contributed by atoms with van der Waals surface area (Å²) >= 11 is 0. The van der Waals surface area contributed by atoms with E-state index >= 15 is 0 Å². The van der Waals surface area contributed by atoms with E-state index in [0.717, 1.165) is 24.1 Å². The van der Waals surface area contributed by atoms with Crippen LogP contribution in [0.4, 0.5) is 0 Å². The van der Waals surface area contributed by atoms with Crippen LogP contribution in [0.5, 0.6) is 0 Å². The van der Waals surface area contributed by atoms with Crippen molar-refractivity contribution in [3.63, 3.8) is 0 Å². The molecule has 2 rings (SSSR count). The summed E-state index contributed by atoms with van der Waals surface area (Å²) in [6.45, 7) is 9.88. The first-order valence-electron chi connectivity index (χ1n) is 6.81. The number of aryl methyl sites for hydroxylation is 2. The Labute approximate surface area is 104 Å². The predicted octanol–water partition coefficient (Wildman–Crippen LogP) is 2.94. The number of nitrogens with zero attached hydrogens (tertiary/aromatic N) is 1. The van der Waals surface area contributed by atoms with Gasteiger partial charge in [-0.15, -0.1) is 0 Å². The first-order valence-corrected chi connectivity index (χ1v) is 6.81. The fourth-order valence-corrected chi connectivity index (χ4v) is 3.04. The molecular weight excluding hydrogens is 210 g/mol. The lowest BCUT2D eigenvalue weighted by atomic mass is 9.80. The summed E-state index contributed by atoms with van der Waals surface area (Å²) in [7, 11) is 0. The SMILES string of the molecule is Cc1n[nH]c(C)c1CNC1CCC(C)CC1C. The average molecular weight is 235 g/mol. The Kier molecular flexibility index (Phi) is 3.87. The van der Waals surface area contributed by atoms with Crippen molar-refractivity contribution in [1.29, 1.82) is 0 Å². The maximum atomic E-state index is 4.25. The Morgan fingerprint density at radius 3 is 2.65 bits per heavy atom. The smallest absolute Gasteiger partial charge is 0.0638 e. The van der Waals surface area contributed by atoms with Gasteiger partial charge in [-0.25, -0.2) is 0 Å². The number of nitrogens with one attached hydrogen (secondary N) is 2. The van der Waals surface area contributed by atoms with Gasteiger partial charge in [-0.05, 0) is 44.9 Å². The highest BCUT2D eigenvalue weighted by atomic mass is 15.1. The lowest BCUT2D eigenvalue weighted by molar-refractivity contribution is 0.227. The molecule has 96 valence electrons. The molecule has 0 bridgehead atoms. The van der Waals surface area contributed by atoms with Crippen LogP contribution in [-0.4, -0.2) is 16.2 Å². The van der Waals surface area contributed by atoms with Crippen molar-refractivity contribution in [2.75, 3.05) is 0 Å². The second kappa shape index (κ2) is 5.21. The molecule has 0 aliphatic heterocycles. The molecule has 0 saturated heterocycles. The van der Waals surface area contributed by atoms with Crippen LogP contribution in [0.25, 0.3) is 0 Å². The van der Waals surface area contributed by atoms with Crippen LogP contribution in [0.3, 0.4) is 0 Å². The average Bonchev–Trinajstić information content (AvgIpc) is 2.58. The topological polar surface area (TPSA) is 40.7 Å². The van der Waals surface area contributed by atoms with Crippen molar-refractivity contribution in [2.45, 2.75) is 59.5 Å². The number of aromatic amines is 1. The summed E-state index contributed by atoms with van der Waals surface area (Å²) in [5.74, 6) is 1.70. The van der Waals surface area contributed by atoms with Gasteiger partial charge in [-0.3, -0.25) is 5.10 Å². The Hall–Kier alpha value is -0.830. The predicted molar refractivity (Wildman–Crippen MR) is 70.9 cm³/mol. The lowest BCUT2D eigenvalue weighted by Crippen LogP contribution is -2.38. The van der Waals surface area contributed by atoms with Gasteiger partial charge in [0.1, 0.15) is 0 Å². The molecule has 1 aliphatic carbocycles. The van der Waals surface area contributed by atoms with E-state index < -0.39 is 0 Å². The van der Waals surface area contributed by atoms with Gasteiger partial charge in [-0.2, -0.15) is 5.10 Å². The Morgan fingerprint density at radius 1 is 1.29 bits per heavy atom. The van der Waals surface area contributed by atoms with E-state index in [9.17, 15) is 0 Å². The molecule has 1 saturated carbocycles.